The first-order chi connectivity index (χ1) is 5.69. The van der Waals surface area contributed by atoms with Gasteiger partial charge in [-0.1, -0.05) is 13.8 Å². The summed E-state index contributed by atoms with van der Waals surface area (Å²) in [6.07, 6.45) is 2.13. The van der Waals surface area contributed by atoms with Gasteiger partial charge in [-0.05, 0) is 12.8 Å². The number of hydrogen-bond donors (Lipinski definition) is 1. The van der Waals surface area contributed by atoms with Gasteiger partial charge in [0, 0.05) is 13.0 Å². The van der Waals surface area contributed by atoms with Crippen LogP contribution in [0.1, 0.15) is 26.7 Å². The van der Waals surface area contributed by atoms with E-state index in [2.05, 4.69) is 5.32 Å². The van der Waals surface area contributed by atoms with Crippen molar-refractivity contribution in [2.45, 2.75) is 38.8 Å². The van der Waals surface area contributed by atoms with Crippen LogP contribution in [0.3, 0.4) is 0 Å². The molecule has 3 atom stereocenters. The second-order valence-electron chi connectivity index (χ2n) is 3.43. The van der Waals surface area contributed by atoms with Gasteiger partial charge in [-0.25, -0.2) is 0 Å². The molecule has 0 aromatic carbocycles. The Labute approximate surface area is 73.5 Å². The molecule has 0 spiro atoms. The highest BCUT2D eigenvalue weighted by atomic mass is 16.5. The summed E-state index contributed by atoms with van der Waals surface area (Å²) in [5.74, 6) is 0.283. The van der Waals surface area contributed by atoms with Crippen molar-refractivity contribution < 1.29 is 9.53 Å². The zero-order chi connectivity index (χ0) is 9.14. The first-order valence-electron chi connectivity index (χ1n) is 4.52. The lowest BCUT2D eigenvalue weighted by atomic mass is 10.1. The average Bonchev–Trinajstić information content (AvgIpc) is 2.81. The zero-order valence-corrected chi connectivity index (χ0v) is 7.96. The molecule has 0 bridgehead atoms. The predicted octanol–water partition coefficient (Wildman–Crippen LogP) is 0.936. The zero-order valence-electron chi connectivity index (χ0n) is 7.96. The van der Waals surface area contributed by atoms with Crippen LogP contribution in [-0.4, -0.2) is 25.2 Å². The van der Waals surface area contributed by atoms with Crippen molar-refractivity contribution in [1.29, 1.82) is 0 Å². The topological polar surface area (TPSA) is 38.3 Å². The Morgan fingerprint density at radius 1 is 1.75 bits per heavy atom. The van der Waals surface area contributed by atoms with E-state index < -0.39 is 0 Å². The van der Waals surface area contributed by atoms with Crippen molar-refractivity contribution in [1.82, 2.24) is 5.32 Å². The molecule has 3 unspecified atom stereocenters. The van der Waals surface area contributed by atoms with Crippen molar-refractivity contribution in [3.05, 3.63) is 0 Å². The predicted molar refractivity (Wildman–Crippen MR) is 46.8 cm³/mol. The maximum atomic E-state index is 11.3. The van der Waals surface area contributed by atoms with Crippen LogP contribution in [0.4, 0.5) is 0 Å². The van der Waals surface area contributed by atoms with E-state index in [9.17, 15) is 4.79 Å². The molecule has 1 fully saturated rings. The van der Waals surface area contributed by atoms with E-state index in [1.165, 1.54) is 0 Å². The smallest absolute Gasteiger partial charge is 0.223 e. The van der Waals surface area contributed by atoms with Crippen molar-refractivity contribution in [3.8, 4) is 0 Å². The summed E-state index contributed by atoms with van der Waals surface area (Å²) in [5.41, 5.74) is 0. The number of amides is 1. The van der Waals surface area contributed by atoms with Gasteiger partial charge in [0.2, 0.25) is 5.91 Å². The quantitative estimate of drug-likeness (QED) is 0.683. The highest BCUT2D eigenvalue weighted by molar-refractivity contribution is 5.78. The fraction of sp³-hybridized carbons (Fsp3) is 0.889. The third-order valence-electron chi connectivity index (χ3n) is 2.42. The Hall–Kier alpha value is -0.570. The van der Waals surface area contributed by atoms with Gasteiger partial charge in [0.05, 0.1) is 12.1 Å². The summed E-state index contributed by atoms with van der Waals surface area (Å²) >= 11 is 0. The van der Waals surface area contributed by atoms with Gasteiger partial charge < -0.3 is 10.1 Å². The summed E-state index contributed by atoms with van der Waals surface area (Å²) in [6, 6.07) is 0.275. The molecule has 1 aliphatic carbocycles. The molecular weight excluding hydrogens is 154 g/mol. The van der Waals surface area contributed by atoms with Crippen LogP contribution in [0, 0.1) is 5.92 Å². The highest BCUT2D eigenvalue weighted by Crippen LogP contribution is 2.24. The molecule has 12 heavy (non-hydrogen) atoms. The number of carbonyl (C=O) groups excluding carboxylic acids is 1. The molecule has 70 valence electrons. The number of hydrogen-bond acceptors (Lipinski definition) is 2. The number of rotatable bonds is 4. The van der Waals surface area contributed by atoms with Gasteiger partial charge in [-0.2, -0.15) is 0 Å². The van der Waals surface area contributed by atoms with Crippen LogP contribution in [0.5, 0.6) is 0 Å². The van der Waals surface area contributed by atoms with E-state index in [1.807, 2.05) is 13.8 Å². The van der Waals surface area contributed by atoms with Gasteiger partial charge in [0.1, 0.15) is 0 Å². The van der Waals surface area contributed by atoms with Crippen LogP contribution < -0.4 is 5.32 Å². The molecular formula is C9H17NO2. The molecule has 1 saturated carbocycles. The van der Waals surface area contributed by atoms with Crippen LogP contribution in [0.25, 0.3) is 0 Å². The van der Waals surface area contributed by atoms with Crippen molar-refractivity contribution in [2.75, 3.05) is 7.11 Å². The van der Waals surface area contributed by atoms with Crippen molar-refractivity contribution in [2.24, 2.45) is 5.92 Å². The van der Waals surface area contributed by atoms with Crippen LogP contribution in [0.15, 0.2) is 0 Å². The van der Waals surface area contributed by atoms with E-state index in [0.29, 0.717) is 0 Å². The van der Waals surface area contributed by atoms with Gasteiger partial charge >= 0.3 is 0 Å². The van der Waals surface area contributed by atoms with Gasteiger partial charge in [-0.3, -0.25) is 4.79 Å². The van der Waals surface area contributed by atoms with Gasteiger partial charge in [0.15, 0.2) is 0 Å². The molecule has 0 aliphatic heterocycles. The third kappa shape index (κ3) is 2.21. The molecule has 0 saturated heterocycles. The minimum absolute atomic E-state index is 0.128. The Balaban J connectivity index is 2.20. The van der Waals surface area contributed by atoms with E-state index >= 15 is 0 Å². The number of nitrogens with one attached hydrogen (secondary N) is 1. The Morgan fingerprint density at radius 3 is 2.83 bits per heavy atom. The standard InChI is InChI=1S/C9H17NO2/c1-4-6(2)9(11)10-7-5-8(7)12-3/h6-8H,4-5H2,1-3H3,(H,10,11). The maximum Gasteiger partial charge on any atom is 0.223 e. The first kappa shape index (κ1) is 9.52. The molecule has 0 radical (unpaired) electrons. The highest BCUT2D eigenvalue weighted by Gasteiger charge is 2.38. The normalized spacial score (nSPS) is 29.6. The van der Waals surface area contributed by atoms with E-state index in [-0.39, 0.29) is 24.0 Å². The summed E-state index contributed by atoms with van der Waals surface area (Å²) in [5, 5.41) is 2.94. The largest absolute Gasteiger partial charge is 0.379 e. The molecule has 0 aromatic heterocycles. The van der Waals surface area contributed by atoms with Crippen LogP contribution >= 0.6 is 0 Å². The summed E-state index contributed by atoms with van der Waals surface area (Å²) in [6.45, 7) is 3.96. The monoisotopic (exact) mass is 171 g/mol. The Morgan fingerprint density at radius 2 is 2.42 bits per heavy atom. The number of carbonyl (C=O) groups is 1. The summed E-state index contributed by atoms with van der Waals surface area (Å²) in [4.78, 5) is 11.3. The van der Waals surface area contributed by atoms with Gasteiger partial charge in [0.25, 0.3) is 0 Å². The number of methoxy groups -OCH3 is 1. The lowest BCUT2D eigenvalue weighted by molar-refractivity contribution is -0.124. The SMILES string of the molecule is CCC(C)C(=O)NC1CC1OC. The van der Waals surface area contributed by atoms with Crippen molar-refractivity contribution >= 4 is 5.91 Å². The summed E-state index contributed by atoms with van der Waals surface area (Å²) in [7, 11) is 1.68. The molecule has 0 aromatic rings. The minimum atomic E-state index is 0.128. The fourth-order valence-corrected chi connectivity index (χ4v) is 1.09. The Bertz CT molecular complexity index is 170. The van der Waals surface area contributed by atoms with Crippen molar-refractivity contribution in [3.63, 3.8) is 0 Å². The average molecular weight is 171 g/mol. The second kappa shape index (κ2) is 3.90. The molecule has 1 rings (SSSR count). The molecule has 1 aliphatic rings. The first-order valence-corrected chi connectivity index (χ1v) is 4.52. The summed E-state index contributed by atoms with van der Waals surface area (Å²) < 4.78 is 5.07. The van der Waals surface area contributed by atoms with Crippen LogP contribution in [0.2, 0.25) is 0 Å². The maximum absolute atomic E-state index is 11.3. The van der Waals surface area contributed by atoms with Gasteiger partial charge in [-0.15, -0.1) is 0 Å². The lowest BCUT2D eigenvalue weighted by Gasteiger charge is -2.08. The molecule has 3 heteroatoms. The third-order valence-corrected chi connectivity index (χ3v) is 2.42. The van der Waals surface area contributed by atoms with E-state index in [0.717, 1.165) is 12.8 Å². The fourth-order valence-electron chi connectivity index (χ4n) is 1.09. The second-order valence-corrected chi connectivity index (χ2v) is 3.43. The molecule has 1 N–H and O–H groups in total. The van der Waals surface area contributed by atoms with Crippen LogP contribution in [-0.2, 0) is 9.53 Å². The molecule has 0 heterocycles. The molecule has 1 amide bonds. The minimum Gasteiger partial charge on any atom is -0.379 e. The molecule has 3 nitrogen and oxygen atoms in total. The van der Waals surface area contributed by atoms with E-state index in [1.54, 1.807) is 7.11 Å². The Kier molecular flexibility index (Phi) is 3.09. The number of ether oxygens (including phenoxy) is 1. The van der Waals surface area contributed by atoms with E-state index in [4.69, 9.17) is 4.74 Å². The lowest BCUT2D eigenvalue weighted by Crippen LogP contribution is -2.32.